The number of ether oxygens (including phenoxy) is 3. The molecule has 1 fully saturated rings. The van der Waals surface area contributed by atoms with Crippen LogP contribution in [-0.2, 0) is 28.6 Å². The SMILES string of the molecule is CC(C)NC(=O)C(NC(=O)OC(C)(C)CCC(C)(C)OC(=O)C/C=C/c1ccc2ncc([C@@H](C)OC(=O)[C@@H]3CCCCNN3)cc2c1)C(C)C. The Kier molecular flexibility index (Phi) is 14.8. The predicted octanol–water partition coefficient (Wildman–Crippen LogP) is 6.05. The van der Waals surface area contributed by atoms with E-state index in [-0.39, 0.29) is 42.3 Å². The molecule has 0 radical (unpaired) electrons. The van der Waals surface area contributed by atoms with E-state index in [1.165, 1.54) is 0 Å². The number of carbonyl (C=O) groups is 4. The van der Waals surface area contributed by atoms with E-state index in [1.54, 1.807) is 26.1 Å². The number of hydrazine groups is 1. The van der Waals surface area contributed by atoms with Gasteiger partial charge in [-0.05, 0) is 110 Å². The van der Waals surface area contributed by atoms with Crippen LogP contribution in [0.3, 0.4) is 0 Å². The fourth-order valence-electron chi connectivity index (χ4n) is 5.49. The second kappa shape index (κ2) is 18.3. The Hall–Kier alpha value is -4.03. The van der Waals surface area contributed by atoms with Gasteiger partial charge in [0.1, 0.15) is 29.4 Å². The number of hydrogen-bond acceptors (Lipinski definition) is 10. The third-order valence-corrected chi connectivity index (χ3v) is 8.43. The van der Waals surface area contributed by atoms with Gasteiger partial charge in [0, 0.05) is 29.7 Å². The molecule has 12 heteroatoms. The van der Waals surface area contributed by atoms with Gasteiger partial charge >= 0.3 is 18.0 Å². The van der Waals surface area contributed by atoms with E-state index in [9.17, 15) is 19.2 Å². The number of aromatic nitrogens is 1. The van der Waals surface area contributed by atoms with E-state index in [2.05, 4.69) is 26.5 Å². The molecule has 2 amide bonds. The highest BCUT2D eigenvalue weighted by Gasteiger charge is 2.32. The summed E-state index contributed by atoms with van der Waals surface area (Å²) in [5.74, 6) is -1.05. The van der Waals surface area contributed by atoms with Crippen molar-refractivity contribution in [3.8, 4) is 0 Å². The Labute approximate surface area is 296 Å². The van der Waals surface area contributed by atoms with E-state index >= 15 is 0 Å². The van der Waals surface area contributed by atoms with Gasteiger partial charge in [-0.3, -0.25) is 24.8 Å². The molecule has 2 aromatic rings. The van der Waals surface area contributed by atoms with Gasteiger partial charge in [0.25, 0.3) is 0 Å². The topological polar surface area (TPSA) is 157 Å². The number of alkyl carbamates (subject to hydrolysis) is 1. The Balaban J connectivity index is 1.50. The Morgan fingerprint density at radius 2 is 1.66 bits per heavy atom. The van der Waals surface area contributed by atoms with Crippen LogP contribution in [0, 0.1) is 5.92 Å². The van der Waals surface area contributed by atoms with Crippen LogP contribution < -0.4 is 21.5 Å². The number of hydrogen-bond donors (Lipinski definition) is 4. The van der Waals surface area contributed by atoms with Crippen molar-refractivity contribution in [3.05, 3.63) is 47.7 Å². The molecule has 1 aliphatic rings. The summed E-state index contributed by atoms with van der Waals surface area (Å²) in [7, 11) is 0. The van der Waals surface area contributed by atoms with Gasteiger partial charge < -0.3 is 24.8 Å². The molecule has 3 rings (SSSR count). The zero-order valence-corrected chi connectivity index (χ0v) is 31.2. The van der Waals surface area contributed by atoms with Crippen molar-refractivity contribution in [3.63, 3.8) is 0 Å². The molecule has 276 valence electrons. The molecule has 3 atom stereocenters. The fourth-order valence-corrected chi connectivity index (χ4v) is 5.49. The van der Waals surface area contributed by atoms with Crippen molar-refractivity contribution in [2.75, 3.05) is 6.54 Å². The lowest BCUT2D eigenvalue weighted by Crippen LogP contribution is -2.52. The Morgan fingerprint density at radius 3 is 2.34 bits per heavy atom. The molecule has 2 heterocycles. The smallest absolute Gasteiger partial charge is 0.408 e. The molecule has 1 aromatic carbocycles. The van der Waals surface area contributed by atoms with E-state index in [0.29, 0.717) is 12.8 Å². The third-order valence-electron chi connectivity index (χ3n) is 8.43. The van der Waals surface area contributed by atoms with Gasteiger partial charge in [0.15, 0.2) is 0 Å². The van der Waals surface area contributed by atoms with Crippen molar-refractivity contribution in [1.82, 2.24) is 26.5 Å². The molecule has 0 spiro atoms. The molecule has 1 aliphatic heterocycles. The molecule has 1 aromatic heterocycles. The maximum Gasteiger partial charge on any atom is 0.408 e. The summed E-state index contributed by atoms with van der Waals surface area (Å²) >= 11 is 0. The van der Waals surface area contributed by atoms with Crippen LogP contribution in [0.2, 0.25) is 0 Å². The quantitative estimate of drug-likeness (QED) is 0.128. The number of fused-ring (bicyclic) bond motifs is 1. The van der Waals surface area contributed by atoms with Crippen LogP contribution in [0.5, 0.6) is 0 Å². The van der Waals surface area contributed by atoms with Crippen LogP contribution in [0.15, 0.2) is 36.5 Å². The zero-order chi connectivity index (χ0) is 37.1. The van der Waals surface area contributed by atoms with E-state index < -0.39 is 29.4 Å². The molecule has 0 saturated carbocycles. The first-order valence-electron chi connectivity index (χ1n) is 17.7. The van der Waals surface area contributed by atoms with Crippen LogP contribution in [0.25, 0.3) is 17.0 Å². The summed E-state index contributed by atoms with van der Waals surface area (Å²) in [6.07, 6.45) is 7.85. The number of rotatable bonds is 15. The van der Waals surface area contributed by atoms with Crippen molar-refractivity contribution >= 4 is 40.9 Å². The number of amides is 2. The molecule has 50 heavy (non-hydrogen) atoms. The van der Waals surface area contributed by atoms with E-state index in [1.807, 2.05) is 78.8 Å². The van der Waals surface area contributed by atoms with Crippen molar-refractivity contribution < 1.29 is 33.4 Å². The van der Waals surface area contributed by atoms with Crippen LogP contribution in [-0.4, -0.2) is 64.8 Å². The standard InChI is InChI=1S/C38H57N5O7/c1-24(2)33(34(45)41-25(3)4)42-36(47)50-38(8,9)19-18-37(6,7)49-32(44)15-12-13-27-16-17-30-28(21-27)22-29(23-39-30)26(5)48-35(46)31-14-10-11-20-40-43-31/h12-13,16-17,21-26,31,33,40,43H,10-11,14-15,18-20H2,1-9H3,(H,41,45)(H,42,47)/b13-12+/t26-,31+,33?/m1/s1. The average molecular weight is 696 g/mol. The second-order valence-corrected chi connectivity index (χ2v) is 14.9. The van der Waals surface area contributed by atoms with Crippen LogP contribution in [0.1, 0.15) is 118 Å². The number of benzene rings is 1. The molecule has 1 saturated heterocycles. The van der Waals surface area contributed by atoms with Crippen molar-refractivity contribution in [2.45, 2.75) is 136 Å². The highest BCUT2D eigenvalue weighted by atomic mass is 16.6. The maximum absolute atomic E-state index is 12.8. The average Bonchev–Trinajstić information content (AvgIpc) is 3.31. The van der Waals surface area contributed by atoms with Gasteiger partial charge in [-0.2, -0.15) is 0 Å². The summed E-state index contributed by atoms with van der Waals surface area (Å²) in [4.78, 5) is 55.2. The highest BCUT2D eigenvalue weighted by Crippen LogP contribution is 2.26. The highest BCUT2D eigenvalue weighted by molar-refractivity contribution is 5.86. The largest absolute Gasteiger partial charge is 0.459 e. The molecule has 1 unspecified atom stereocenters. The molecular weight excluding hydrogens is 638 g/mol. The fraction of sp³-hybridized carbons (Fsp3) is 0.605. The van der Waals surface area contributed by atoms with Crippen molar-refractivity contribution in [2.24, 2.45) is 5.92 Å². The van der Waals surface area contributed by atoms with Crippen LogP contribution >= 0.6 is 0 Å². The first-order chi connectivity index (χ1) is 23.4. The number of nitrogens with one attached hydrogen (secondary N) is 4. The number of carbonyl (C=O) groups excluding carboxylic acids is 4. The molecule has 0 aliphatic carbocycles. The lowest BCUT2D eigenvalue weighted by Gasteiger charge is -2.32. The molecule has 12 nitrogen and oxygen atoms in total. The van der Waals surface area contributed by atoms with Crippen LogP contribution in [0.4, 0.5) is 4.79 Å². The molecule has 4 N–H and O–H groups in total. The first-order valence-corrected chi connectivity index (χ1v) is 17.7. The Bertz CT molecular complexity index is 1500. The number of pyridine rings is 1. The minimum atomic E-state index is -0.864. The summed E-state index contributed by atoms with van der Waals surface area (Å²) in [6.45, 7) is 17.3. The van der Waals surface area contributed by atoms with Gasteiger partial charge in [-0.1, -0.05) is 32.1 Å². The minimum absolute atomic E-state index is 0.0512. The maximum atomic E-state index is 12.8. The number of nitrogens with zero attached hydrogens (tertiary/aromatic N) is 1. The van der Waals surface area contributed by atoms with Crippen molar-refractivity contribution in [1.29, 1.82) is 0 Å². The lowest BCUT2D eigenvalue weighted by atomic mass is 9.93. The van der Waals surface area contributed by atoms with E-state index in [4.69, 9.17) is 14.2 Å². The molecular formula is C38H57N5O7. The normalized spacial score (nSPS) is 16.9. The van der Waals surface area contributed by atoms with Gasteiger partial charge in [-0.25, -0.2) is 10.2 Å². The predicted molar refractivity (Wildman–Crippen MR) is 194 cm³/mol. The minimum Gasteiger partial charge on any atom is -0.459 e. The van der Waals surface area contributed by atoms with Gasteiger partial charge in [0.2, 0.25) is 5.91 Å². The zero-order valence-electron chi connectivity index (χ0n) is 31.2. The summed E-state index contributed by atoms with van der Waals surface area (Å²) in [6, 6.07) is 6.62. The summed E-state index contributed by atoms with van der Waals surface area (Å²) < 4.78 is 17.2. The first kappa shape index (κ1) is 40.4. The summed E-state index contributed by atoms with van der Waals surface area (Å²) in [5.41, 5.74) is 6.93. The summed E-state index contributed by atoms with van der Waals surface area (Å²) in [5, 5.41) is 6.41. The Morgan fingerprint density at radius 1 is 0.960 bits per heavy atom. The molecule has 0 bridgehead atoms. The lowest BCUT2D eigenvalue weighted by molar-refractivity contribution is -0.157. The number of esters is 2. The van der Waals surface area contributed by atoms with Gasteiger partial charge in [0.05, 0.1) is 11.9 Å². The van der Waals surface area contributed by atoms with Gasteiger partial charge in [-0.15, -0.1) is 0 Å². The monoisotopic (exact) mass is 695 g/mol. The van der Waals surface area contributed by atoms with E-state index in [0.717, 1.165) is 47.8 Å². The third kappa shape index (κ3) is 13.4. The second-order valence-electron chi connectivity index (χ2n) is 14.9.